The van der Waals surface area contributed by atoms with Gasteiger partial charge in [-0.15, -0.1) is 0 Å². The van der Waals surface area contributed by atoms with Crippen molar-refractivity contribution in [2.75, 3.05) is 13.2 Å². The highest BCUT2D eigenvalue weighted by Gasteiger charge is 2.42. The van der Waals surface area contributed by atoms with Gasteiger partial charge in [0, 0.05) is 11.6 Å². The molecule has 0 fully saturated rings. The standard InChI is InChI=1S/C14H14ClNO4/c1-8(18)11-12(9-4-2-3-5-10(9)15)16(6-7-17)14(20)13(11)19/h2-5,12,17,19H,6-7H2,1H3/t12-/m1/s1. The highest BCUT2D eigenvalue weighted by Crippen LogP contribution is 2.39. The quantitative estimate of drug-likeness (QED) is 0.885. The summed E-state index contributed by atoms with van der Waals surface area (Å²) in [6.07, 6.45) is 0. The second-order valence-electron chi connectivity index (χ2n) is 4.46. The Bertz CT molecular complexity index is 597. The number of halogens is 1. The maximum absolute atomic E-state index is 12.0. The minimum Gasteiger partial charge on any atom is -0.503 e. The number of amides is 1. The van der Waals surface area contributed by atoms with E-state index in [2.05, 4.69) is 0 Å². The Morgan fingerprint density at radius 3 is 2.60 bits per heavy atom. The van der Waals surface area contributed by atoms with E-state index in [0.29, 0.717) is 10.6 Å². The van der Waals surface area contributed by atoms with Crippen LogP contribution in [0.2, 0.25) is 5.02 Å². The van der Waals surface area contributed by atoms with Crippen LogP contribution in [-0.4, -0.2) is 40.0 Å². The van der Waals surface area contributed by atoms with Crippen LogP contribution in [0.5, 0.6) is 0 Å². The number of Topliss-reactive ketones (excluding diaryl/α,β-unsaturated/α-hetero) is 1. The molecule has 1 aliphatic heterocycles. The lowest BCUT2D eigenvalue weighted by Gasteiger charge is -2.26. The molecule has 1 atom stereocenters. The summed E-state index contributed by atoms with van der Waals surface area (Å²) in [5, 5.41) is 19.4. The fourth-order valence-electron chi connectivity index (χ4n) is 2.37. The van der Waals surface area contributed by atoms with Gasteiger partial charge < -0.3 is 15.1 Å². The number of carbonyl (C=O) groups excluding carboxylic acids is 2. The summed E-state index contributed by atoms with van der Waals surface area (Å²) >= 11 is 6.12. The van der Waals surface area contributed by atoms with Gasteiger partial charge in [-0.25, -0.2) is 0 Å². The second-order valence-corrected chi connectivity index (χ2v) is 4.87. The van der Waals surface area contributed by atoms with E-state index >= 15 is 0 Å². The van der Waals surface area contributed by atoms with E-state index < -0.39 is 23.5 Å². The predicted molar refractivity (Wildman–Crippen MR) is 73.3 cm³/mol. The first-order valence-corrected chi connectivity index (χ1v) is 6.47. The fraction of sp³-hybridized carbons (Fsp3) is 0.286. The van der Waals surface area contributed by atoms with Crippen molar-refractivity contribution >= 4 is 23.3 Å². The van der Waals surface area contributed by atoms with Gasteiger partial charge in [0.15, 0.2) is 11.5 Å². The molecule has 1 amide bonds. The van der Waals surface area contributed by atoms with Crippen molar-refractivity contribution in [2.45, 2.75) is 13.0 Å². The minimum atomic E-state index is -0.763. The fourth-order valence-corrected chi connectivity index (χ4v) is 2.61. The molecule has 0 spiro atoms. The van der Waals surface area contributed by atoms with Crippen molar-refractivity contribution in [3.8, 4) is 0 Å². The first-order chi connectivity index (χ1) is 9.49. The van der Waals surface area contributed by atoms with Crippen molar-refractivity contribution in [1.82, 2.24) is 4.90 Å². The highest BCUT2D eigenvalue weighted by atomic mass is 35.5. The molecule has 1 aliphatic rings. The van der Waals surface area contributed by atoms with E-state index in [9.17, 15) is 14.7 Å². The molecule has 2 rings (SSSR count). The van der Waals surface area contributed by atoms with Gasteiger partial charge in [-0.1, -0.05) is 29.8 Å². The molecule has 1 aromatic carbocycles. The number of aliphatic hydroxyl groups excluding tert-OH is 2. The zero-order chi connectivity index (χ0) is 14.9. The Hall–Kier alpha value is -1.85. The van der Waals surface area contributed by atoms with Crippen molar-refractivity contribution in [3.05, 3.63) is 46.2 Å². The molecule has 0 unspecified atom stereocenters. The lowest BCUT2D eigenvalue weighted by molar-refractivity contribution is -0.129. The van der Waals surface area contributed by atoms with E-state index in [1.165, 1.54) is 11.8 Å². The Morgan fingerprint density at radius 2 is 2.05 bits per heavy atom. The number of carbonyl (C=O) groups is 2. The number of aliphatic hydroxyl groups is 2. The maximum atomic E-state index is 12.0. The van der Waals surface area contributed by atoms with Gasteiger partial charge in [-0.05, 0) is 18.6 Å². The Morgan fingerprint density at radius 1 is 1.40 bits per heavy atom. The SMILES string of the molecule is CC(=O)C1=C(O)C(=O)N(CCO)[C@@H]1c1ccccc1Cl. The molecule has 0 aromatic heterocycles. The third kappa shape index (κ3) is 2.30. The molecule has 20 heavy (non-hydrogen) atoms. The largest absolute Gasteiger partial charge is 0.503 e. The van der Waals surface area contributed by atoms with E-state index in [-0.39, 0.29) is 18.7 Å². The summed E-state index contributed by atoms with van der Waals surface area (Å²) < 4.78 is 0. The average Bonchev–Trinajstić information content (AvgIpc) is 2.65. The van der Waals surface area contributed by atoms with Crippen LogP contribution in [0.15, 0.2) is 35.6 Å². The van der Waals surface area contributed by atoms with Crippen molar-refractivity contribution in [1.29, 1.82) is 0 Å². The van der Waals surface area contributed by atoms with Gasteiger partial charge >= 0.3 is 0 Å². The number of hydrogen-bond donors (Lipinski definition) is 2. The zero-order valence-corrected chi connectivity index (χ0v) is 11.6. The predicted octanol–water partition coefficient (Wildman–Crippen LogP) is 1.62. The molecule has 0 aliphatic carbocycles. The van der Waals surface area contributed by atoms with Crippen LogP contribution in [0.4, 0.5) is 0 Å². The van der Waals surface area contributed by atoms with Crippen LogP contribution < -0.4 is 0 Å². The average molecular weight is 296 g/mol. The van der Waals surface area contributed by atoms with Crippen molar-refractivity contribution in [2.24, 2.45) is 0 Å². The summed E-state index contributed by atoms with van der Waals surface area (Å²) in [5.74, 6) is -1.65. The first kappa shape index (κ1) is 14.6. The van der Waals surface area contributed by atoms with Crippen molar-refractivity contribution in [3.63, 3.8) is 0 Å². The molecule has 0 saturated heterocycles. The third-order valence-electron chi connectivity index (χ3n) is 3.22. The maximum Gasteiger partial charge on any atom is 0.290 e. The highest BCUT2D eigenvalue weighted by molar-refractivity contribution is 6.31. The normalized spacial score (nSPS) is 18.9. The van der Waals surface area contributed by atoms with Crippen LogP contribution in [0.25, 0.3) is 0 Å². The van der Waals surface area contributed by atoms with E-state index in [1.807, 2.05) is 0 Å². The lowest BCUT2D eigenvalue weighted by Crippen LogP contribution is -2.33. The monoisotopic (exact) mass is 295 g/mol. The number of ketones is 1. The van der Waals surface area contributed by atoms with E-state index in [1.54, 1.807) is 24.3 Å². The molecule has 6 heteroatoms. The van der Waals surface area contributed by atoms with Gasteiger partial charge in [0.1, 0.15) is 0 Å². The van der Waals surface area contributed by atoms with E-state index in [4.69, 9.17) is 16.7 Å². The number of β-amino-alcohol motifs (C(OH)–C–C–N with tert-alkyl or cyclic N) is 1. The summed E-state index contributed by atoms with van der Waals surface area (Å²) in [5.41, 5.74) is 0.557. The lowest BCUT2D eigenvalue weighted by atomic mass is 9.97. The van der Waals surface area contributed by atoms with Gasteiger partial charge in [0.2, 0.25) is 0 Å². The molecular formula is C14H14ClNO4. The molecule has 0 radical (unpaired) electrons. The molecule has 0 bridgehead atoms. The number of nitrogens with zero attached hydrogens (tertiary/aromatic N) is 1. The minimum absolute atomic E-state index is 0.00949. The molecule has 1 aromatic rings. The Kier molecular flexibility index (Phi) is 4.11. The van der Waals surface area contributed by atoms with Gasteiger partial charge in [0.05, 0.1) is 18.2 Å². The number of rotatable bonds is 4. The molecule has 1 heterocycles. The van der Waals surface area contributed by atoms with E-state index in [0.717, 1.165) is 0 Å². The topological polar surface area (TPSA) is 77.8 Å². The van der Waals surface area contributed by atoms with Gasteiger partial charge in [0.25, 0.3) is 5.91 Å². The first-order valence-electron chi connectivity index (χ1n) is 6.09. The van der Waals surface area contributed by atoms with Crippen LogP contribution in [0, 0.1) is 0 Å². The summed E-state index contributed by atoms with van der Waals surface area (Å²) in [6, 6.07) is 6.03. The molecule has 2 N–H and O–H groups in total. The summed E-state index contributed by atoms with van der Waals surface area (Å²) in [4.78, 5) is 25.0. The van der Waals surface area contributed by atoms with Crippen LogP contribution in [-0.2, 0) is 9.59 Å². The van der Waals surface area contributed by atoms with Crippen molar-refractivity contribution < 1.29 is 19.8 Å². The number of benzene rings is 1. The molecule has 0 saturated carbocycles. The molecule has 5 nitrogen and oxygen atoms in total. The summed E-state index contributed by atoms with van der Waals surface area (Å²) in [7, 11) is 0. The van der Waals surface area contributed by atoms with Gasteiger partial charge in [-0.3, -0.25) is 9.59 Å². The Labute approximate surface area is 121 Å². The third-order valence-corrected chi connectivity index (χ3v) is 3.57. The number of hydrogen-bond acceptors (Lipinski definition) is 4. The van der Waals surface area contributed by atoms with Gasteiger partial charge in [-0.2, -0.15) is 0 Å². The molecular weight excluding hydrogens is 282 g/mol. The van der Waals surface area contributed by atoms with Crippen LogP contribution >= 0.6 is 11.6 Å². The zero-order valence-electron chi connectivity index (χ0n) is 10.8. The second kappa shape index (κ2) is 5.64. The Balaban J connectivity index is 2.58. The summed E-state index contributed by atoms with van der Waals surface area (Å²) in [6.45, 7) is 1.02. The smallest absolute Gasteiger partial charge is 0.290 e. The molecule has 106 valence electrons. The van der Waals surface area contributed by atoms with Crippen LogP contribution in [0.3, 0.4) is 0 Å². The van der Waals surface area contributed by atoms with Crippen LogP contribution in [0.1, 0.15) is 18.5 Å².